The van der Waals surface area contributed by atoms with Gasteiger partial charge < -0.3 is 10.8 Å². The van der Waals surface area contributed by atoms with Crippen LogP contribution in [0, 0.1) is 0 Å². The molecule has 0 fully saturated rings. The van der Waals surface area contributed by atoms with Gasteiger partial charge in [0.25, 0.3) is 0 Å². The van der Waals surface area contributed by atoms with E-state index in [4.69, 9.17) is 15.4 Å². The van der Waals surface area contributed by atoms with Crippen molar-refractivity contribution in [3.05, 3.63) is 0 Å². The quantitative estimate of drug-likeness (QED) is 0.231. The van der Waals surface area contributed by atoms with Crippen LogP contribution in [-0.2, 0) is 13.9 Å². The zero-order valence-electron chi connectivity index (χ0n) is 5.30. The lowest BCUT2D eigenvalue weighted by Crippen LogP contribution is -2.32. The molecule has 0 aliphatic heterocycles. The second-order valence-electron chi connectivity index (χ2n) is 1.66. The molecule has 66 valence electrons. The lowest BCUT2D eigenvalue weighted by Gasteiger charge is -2.01. The van der Waals surface area contributed by atoms with Crippen LogP contribution in [-0.4, -0.2) is 35.8 Å². The fourth-order valence-electron chi connectivity index (χ4n) is 0.231. The van der Waals surface area contributed by atoms with E-state index in [2.05, 4.69) is 0 Å². The fourth-order valence-corrected chi connectivity index (χ4v) is 1.65. The van der Waals surface area contributed by atoms with Gasteiger partial charge in [0.05, 0.1) is 0 Å². The highest BCUT2D eigenvalue weighted by Gasteiger charge is 2.15. The van der Waals surface area contributed by atoms with Gasteiger partial charge in [0, 0.05) is 5.75 Å². The van der Waals surface area contributed by atoms with Crippen molar-refractivity contribution >= 4 is 25.9 Å². The third kappa shape index (κ3) is 6.10. The van der Waals surface area contributed by atoms with Crippen LogP contribution in [0.2, 0.25) is 0 Å². The summed E-state index contributed by atoms with van der Waals surface area (Å²) in [6.45, 7) is 0. The van der Waals surface area contributed by atoms with E-state index in [1.807, 2.05) is 0 Å². The molecule has 4 N–H and O–H groups in total. The number of carboxylic acid groups (broad SMARTS) is 1. The van der Waals surface area contributed by atoms with Crippen LogP contribution < -0.4 is 5.73 Å². The Morgan fingerprint density at radius 2 is 2.09 bits per heavy atom. The van der Waals surface area contributed by atoms with Crippen molar-refractivity contribution in [3.8, 4) is 0 Å². The Balaban J connectivity index is 3.82. The molecule has 0 radical (unpaired) electrons. The van der Waals surface area contributed by atoms with Gasteiger partial charge >= 0.3 is 15.1 Å². The summed E-state index contributed by atoms with van der Waals surface area (Å²) in [4.78, 5) is 10.0. The van der Waals surface area contributed by atoms with Crippen LogP contribution in [0.15, 0.2) is 0 Å². The Labute approximate surface area is 66.9 Å². The highest BCUT2D eigenvalue weighted by Crippen LogP contribution is 2.09. The van der Waals surface area contributed by atoms with Crippen LogP contribution in [0.4, 0.5) is 0 Å². The monoisotopic (exact) mass is 205 g/mol. The smallest absolute Gasteiger partial charge is 0.321 e. The summed E-state index contributed by atoms with van der Waals surface area (Å²) in [7, 11) is -4.09. The summed E-state index contributed by atoms with van der Waals surface area (Å²) in [5.74, 6) is -1.67. The maximum atomic E-state index is 10.0. The van der Waals surface area contributed by atoms with Crippen molar-refractivity contribution in [1.82, 2.24) is 0 Å². The number of hydrogen-bond acceptors (Lipinski definition) is 5. The molecular formula is C3H7NO5S2. The first-order valence-corrected chi connectivity index (χ1v) is 5.37. The lowest BCUT2D eigenvalue weighted by atomic mass is 11.4. The van der Waals surface area contributed by atoms with Gasteiger partial charge in [0.15, 0.2) is 0 Å². The highest BCUT2D eigenvalue weighted by molar-refractivity contribution is 8.69. The molecule has 0 aromatic rings. The van der Waals surface area contributed by atoms with E-state index >= 15 is 0 Å². The number of nitrogens with two attached hydrogens (primary N) is 1. The Morgan fingerprint density at radius 1 is 1.64 bits per heavy atom. The summed E-state index contributed by atoms with van der Waals surface area (Å²) in [6.07, 6.45) is 0. The van der Waals surface area contributed by atoms with Crippen molar-refractivity contribution in [2.45, 2.75) is 6.04 Å². The molecule has 0 unspecified atom stereocenters. The van der Waals surface area contributed by atoms with E-state index < -0.39 is 21.2 Å². The van der Waals surface area contributed by atoms with Crippen molar-refractivity contribution in [3.63, 3.8) is 0 Å². The van der Waals surface area contributed by atoms with Gasteiger partial charge in [-0.2, -0.15) is 8.42 Å². The second kappa shape index (κ2) is 3.90. The third-order valence-electron chi connectivity index (χ3n) is 0.714. The van der Waals surface area contributed by atoms with Crippen molar-refractivity contribution < 1.29 is 22.9 Å². The van der Waals surface area contributed by atoms with Crippen molar-refractivity contribution in [2.75, 3.05) is 5.75 Å². The van der Waals surface area contributed by atoms with E-state index in [0.717, 1.165) is 0 Å². The number of carboxylic acids is 1. The second-order valence-corrected chi connectivity index (χ2v) is 5.05. The largest absolute Gasteiger partial charge is 0.480 e. The lowest BCUT2D eigenvalue weighted by molar-refractivity contribution is -0.137. The Hall–Kier alpha value is -0.310. The van der Waals surface area contributed by atoms with Crippen molar-refractivity contribution in [1.29, 1.82) is 0 Å². The van der Waals surface area contributed by atoms with Gasteiger partial charge in [0.1, 0.15) is 6.04 Å². The summed E-state index contributed by atoms with van der Waals surface area (Å²) in [5.41, 5.74) is 4.93. The van der Waals surface area contributed by atoms with Crippen LogP contribution >= 0.6 is 10.8 Å². The molecular weight excluding hydrogens is 198 g/mol. The Kier molecular flexibility index (Phi) is 3.79. The maximum absolute atomic E-state index is 10.0. The molecule has 11 heavy (non-hydrogen) atoms. The Morgan fingerprint density at radius 3 is 2.36 bits per heavy atom. The fraction of sp³-hybridized carbons (Fsp3) is 0.667. The molecule has 0 aliphatic carbocycles. The first kappa shape index (κ1) is 10.7. The van der Waals surface area contributed by atoms with E-state index in [0.29, 0.717) is 0 Å². The molecule has 0 aliphatic rings. The van der Waals surface area contributed by atoms with Crippen LogP contribution in [0.5, 0.6) is 0 Å². The predicted octanol–water partition coefficient (Wildman–Crippen LogP) is -1.07. The average molecular weight is 205 g/mol. The molecule has 0 rings (SSSR count). The van der Waals surface area contributed by atoms with Gasteiger partial charge in [-0.3, -0.25) is 9.35 Å². The number of aliphatic carboxylic acids is 1. The molecule has 6 nitrogen and oxygen atoms in total. The van der Waals surface area contributed by atoms with E-state index in [9.17, 15) is 13.2 Å². The van der Waals surface area contributed by atoms with Gasteiger partial charge in [-0.1, -0.05) is 0 Å². The molecule has 0 spiro atoms. The van der Waals surface area contributed by atoms with E-state index in [1.54, 1.807) is 0 Å². The first-order chi connectivity index (χ1) is 4.83. The minimum atomic E-state index is -4.18. The summed E-state index contributed by atoms with van der Waals surface area (Å²) < 4.78 is 28.2. The average Bonchev–Trinajstić information content (AvgIpc) is 1.80. The normalized spacial score (nSPS) is 14.4. The summed E-state index contributed by atoms with van der Waals surface area (Å²) >= 11 is 0. The minimum Gasteiger partial charge on any atom is -0.480 e. The molecule has 0 aromatic heterocycles. The van der Waals surface area contributed by atoms with Crippen LogP contribution in [0.1, 0.15) is 0 Å². The van der Waals surface area contributed by atoms with Gasteiger partial charge in [-0.05, 0) is 10.8 Å². The molecule has 0 amide bonds. The topological polar surface area (TPSA) is 118 Å². The zero-order valence-corrected chi connectivity index (χ0v) is 6.93. The molecule has 0 saturated carbocycles. The highest BCUT2D eigenvalue weighted by atomic mass is 33.2. The predicted molar refractivity (Wildman–Crippen MR) is 39.6 cm³/mol. The van der Waals surface area contributed by atoms with E-state index in [-0.39, 0.29) is 16.5 Å². The Bertz CT molecular complexity index is 234. The van der Waals surface area contributed by atoms with E-state index in [1.165, 1.54) is 0 Å². The molecule has 0 bridgehead atoms. The molecule has 0 aromatic carbocycles. The minimum absolute atomic E-state index is 0.0919. The number of hydrogen-bond donors (Lipinski definition) is 3. The molecule has 8 heteroatoms. The number of carbonyl (C=O) groups is 1. The maximum Gasteiger partial charge on any atom is 0.321 e. The zero-order chi connectivity index (χ0) is 9.07. The van der Waals surface area contributed by atoms with Gasteiger partial charge in [-0.25, -0.2) is 0 Å². The molecule has 0 heterocycles. The molecule has 0 saturated heterocycles. The van der Waals surface area contributed by atoms with Gasteiger partial charge in [0.2, 0.25) is 0 Å². The van der Waals surface area contributed by atoms with Crippen LogP contribution in [0.3, 0.4) is 0 Å². The van der Waals surface area contributed by atoms with Gasteiger partial charge in [-0.15, -0.1) is 0 Å². The number of rotatable bonds is 4. The summed E-state index contributed by atoms with van der Waals surface area (Å²) in [5, 5.41) is 8.16. The molecule has 1 atom stereocenters. The first-order valence-electron chi connectivity index (χ1n) is 2.43. The van der Waals surface area contributed by atoms with Crippen LogP contribution in [0.25, 0.3) is 0 Å². The standard InChI is InChI=1S/C3H7NO5S2/c4-2(3(5)6)1-10-11(7,8)9/h2H,1,4H2,(H,5,6)(H,7,8,9)/t2-/m1/s1/i1+1,2+1,3+1,4+1. The third-order valence-corrected chi connectivity index (χ3v) is 2.81. The SMILES string of the molecule is [15NH2][13C@H]([13CH2]SS(=O)(=O)O)[13C](=O)O. The van der Waals surface area contributed by atoms with Crippen molar-refractivity contribution in [2.24, 2.45) is 5.73 Å². The summed E-state index contributed by atoms with van der Waals surface area (Å²) in [6, 6.07) is -1.28.